The van der Waals surface area contributed by atoms with Crippen LogP contribution in [0.25, 0.3) is 0 Å². The van der Waals surface area contributed by atoms with Gasteiger partial charge in [0.2, 0.25) is 0 Å². The van der Waals surface area contributed by atoms with Crippen molar-refractivity contribution in [2.45, 2.75) is 19.8 Å². The Morgan fingerprint density at radius 2 is 2.04 bits per heavy atom. The van der Waals surface area contributed by atoms with Crippen LogP contribution in [0.5, 0.6) is 0 Å². The summed E-state index contributed by atoms with van der Waals surface area (Å²) in [7, 11) is 1.54. The smallest absolute Gasteiger partial charge is 0.336 e. The minimum absolute atomic E-state index is 0.191. The number of esters is 1. The van der Waals surface area contributed by atoms with Gasteiger partial charge in [0.05, 0.1) is 38.2 Å². The van der Waals surface area contributed by atoms with Crippen molar-refractivity contribution < 1.29 is 19.0 Å². The summed E-state index contributed by atoms with van der Waals surface area (Å²) in [6.07, 6.45) is 0. The topological polar surface area (TPSA) is 82.8 Å². The molecule has 3 N–H and O–H groups in total. The fraction of sp³-hybridized carbons (Fsp3) is 0.381. The number of carbonyl (C=O) groups excluding carboxylic acids is 1. The third-order valence-electron chi connectivity index (χ3n) is 4.41. The predicted octanol–water partition coefficient (Wildman–Crippen LogP) is 3.25. The summed E-state index contributed by atoms with van der Waals surface area (Å²) in [6, 6.07) is 7.38. The van der Waals surface area contributed by atoms with E-state index in [9.17, 15) is 4.79 Å². The molecule has 6 nitrogen and oxygen atoms in total. The summed E-state index contributed by atoms with van der Waals surface area (Å²) in [6.45, 7) is 8.87. The van der Waals surface area contributed by atoms with Crippen LogP contribution in [-0.4, -0.2) is 39.4 Å². The van der Waals surface area contributed by atoms with E-state index in [1.165, 1.54) is 0 Å². The normalized spacial score (nSPS) is 16.7. The van der Waals surface area contributed by atoms with Gasteiger partial charge >= 0.3 is 5.97 Å². The Morgan fingerprint density at radius 1 is 1.32 bits per heavy atom. The number of nitrogens with one attached hydrogen (secondary N) is 1. The lowest BCUT2D eigenvalue weighted by atomic mass is 9.79. The van der Waals surface area contributed by atoms with E-state index in [-0.39, 0.29) is 13.2 Å². The standard InChI is InChI=1S/C21H27ClN2O4/c1-5-28-21(25)20-17(12-27-11-10-23)24-13(2)18(14(3)26-4)19(20)15-8-6-7-9-16(15)22/h6-9,19,24H,3,5,10-12,23H2,1-2,4H3. The summed E-state index contributed by atoms with van der Waals surface area (Å²) in [5, 5.41) is 3.79. The lowest BCUT2D eigenvalue weighted by Gasteiger charge is -2.33. The van der Waals surface area contributed by atoms with Crippen molar-refractivity contribution in [3.05, 3.63) is 69.7 Å². The highest BCUT2D eigenvalue weighted by atomic mass is 35.5. The first-order chi connectivity index (χ1) is 13.5. The lowest BCUT2D eigenvalue weighted by molar-refractivity contribution is -0.138. The van der Waals surface area contributed by atoms with Gasteiger partial charge in [-0.3, -0.25) is 0 Å². The first-order valence-corrected chi connectivity index (χ1v) is 9.47. The van der Waals surface area contributed by atoms with Crippen molar-refractivity contribution in [3.8, 4) is 0 Å². The van der Waals surface area contributed by atoms with Crippen LogP contribution in [0, 0.1) is 0 Å². The molecule has 0 saturated heterocycles. The van der Waals surface area contributed by atoms with Crippen molar-refractivity contribution in [1.82, 2.24) is 5.32 Å². The highest BCUT2D eigenvalue weighted by molar-refractivity contribution is 6.31. The number of dihydropyridines is 1. The number of nitrogens with two attached hydrogens (primary N) is 1. The Morgan fingerprint density at radius 3 is 2.64 bits per heavy atom. The highest BCUT2D eigenvalue weighted by Crippen LogP contribution is 2.43. The lowest BCUT2D eigenvalue weighted by Crippen LogP contribution is -2.33. The fourth-order valence-corrected chi connectivity index (χ4v) is 3.46. The largest absolute Gasteiger partial charge is 0.497 e. The Bertz CT molecular complexity index is 801. The average molecular weight is 407 g/mol. The Labute approximate surface area is 171 Å². The van der Waals surface area contributed by atoms with E-state index in [1.54, 1.807) is 20.1 Å². The second kappa shape index (κ2) is 10.3. The van der Waals surface area contributed by atoms with E-state index >= 15 is 0 Å². The van der Waals surface area contributed by atoms with Crippen molar-refractivity contribution in [3.63, 3.8) is 0 Å². The van der Waals surface area contributed by atoms with Crippen LogP contribution in [0.3, 0.4) is 0 Å². The average Bonchev–Trinajstić information content (AvgIpc) is 2.67. The molecule has 0 spiro atoms. The van der Waals surface area contributed by atoms with E-state index in [4.69, 9.17) is 31.5 Å². The Balaban J connectivity index is 2.67. The molecule has 1 aliphatic rings. The number of carbonyl (C=O) groups is 1. The first-order valence-electron chi connectivity index (χ1n) is 9.09. The molecule has 28 heavy (non-hydrogen) atoms. The minimum Gasteiger partial charge on any atom is -0.497 e. The summed E-state index contributed by atoms with van der Waals surface area (Å²) < 4.78 is 16.4. The molecule has 0 aliphatic carbocycles. The van der Waals surface area contributed by atoms with E-state index in [1.807, 2.05) is 25.1 Å². The number of benzene rings is 1. The molecule has 0 aromatic heterocycles. The zero-order chi connectivity index (χ0) is 20.7. The molecule has 1 aliphatic heterocycles. The summed E-state index contributed by atoms with van der Waals surface area (Å²) in [5.74, 6) is -0.503. The molecule has 0 amide bonds. The van der Waals surface area contributed by atoms with Gasteiger partial charge < -0.3 is 25.3 Å². The number of ether oxygens (including phenoxy) is 3. The molecule has 1 atom stereocenters. The van der Waals surface area contributed by atoms with E-state index in [0.717, 1.165) is 16.8 Å². The molecule has 1 heterocycles. The molecule has 1 aromatic carbocycles. The van der Waals surface area contributed by atoms with Gasteiger partial charge in [-0.25, -0.2) is 4.79 Å². The van der Waals surface area contributed by atoms with Gasteiger partial charge in [0.25, 0.3) is 0 Å². The zero-order valence-electron chi connectivity index (χ0n) is 16.5. The molecule has 0 saturated carbocycles. The Kier molecular flexibility index (Phi) is 8.11. The van der Waals surface area contributed by atoms with Gasteiger partial charge in [-0.2, -0.15) is 0 Å². The fourth-order valence-electron chi connectivity index (χ4n) is 3.22. The number of methoxy groups -OCH3 is 1. The van der Waals surface area contributed by atoms with Crippen LogP contribution in [0.4, 0.5) is 0 Å². The van der Waals surface area contributed by atoms with Gasteiger partial charge in [0.1, 0.15) is 5.76 Å². The molecule has 2 rings (SSSR count). The maximum atomic E-state index is 13.0. The van der Waals surface area contributed by atoms with Crippen LogP contribution in [0.2, 0.25) is 5.02 Å². The van der Waals surface area contributed by atoms with Crippen LogP contribution < -0.4 is 11.1 Å². The molecule has 0 bridgehead atoms. The van der Waals surface area contributed by atoms with Crippen LogP contribution in [0.1, 0.15) is 25.3 Å². The van der Waals surface area contributed by atoms with Crippen molar-refractivity contribution in [2.75, 3.05) is 33.5 Å². The van der Waals surface area contributed by atoms with Gasteiger partial charge in [-0.1, -0.05) is 36.4 Å². The van der Waals surface area contributed by atoms with E-state index < -0.39 is 11.9 Å². The number of halogens is 1. The number of hydrogen-bond acceptors (Lipinski definition) is 6. The van der Waals surface area contributed by atoms with Crippen molar-refractivity contribution in [2.24, 2.45) is 5.73 Å². The minimum atomic E-state index is -0.502. The van der Waals surface area contributed by atoms with Gasteiger partial charge in [0, 0.05) is 28.8 Å². The van der Waals surface area contributed by atoms with Crippen LogP contribution in [-0.2, 0) is 19.0 Å². The summed E-state index contributed by atoms with van der Waals surface area (Å²) in [4.78, 5) is 13.0. The molecule has 0 fully saturated rings. The predicted molar refractivity (Wildman–Crippen MR) is 110 cm³/mol. The molecule has 7 heteroatoms. The van der Waals surface area contributed by atoms with Crippen molar-refractivity contribution in [1.29, 1.82) is 0 Å². The SMILES string of the molecule is C=C(OC)C1=C(C)NC(COCCN)=C(C(=O)OCC)C1c1ccccc1Cl. The molecular weight excluding hydrogens is 380 g/mol. The van der Waals surface area contributed by atoms with Crippen LogP contribution >= 0.6 is 11.6 Å². The Hall–Kier alpha value is -2.28. The van der Waals surface area contributed by atoms with Gasteiger partial charge in [-0.15, -0.1) is 0 Å². The number of hydrogen-bond donors (Lipinski definition) is 2. The number of rotatable bonds is 9. The first kappa shape index (κ1) is 22.0. The molecule has 1 aromatic rings. The van der Waals surface area contributed by atoms with Crippen LogP contribution in [0.15, 0.2) is 59.1 Å². The van der Waals surface area contributed by atoms with Gasteiger partial charge in [-0.05, 0) is 25.5 Å². The maximum Gasteiger partial charge on any atom is 0.336 e. The molecule has 1 unspecified atom stereocenters. The maximum absolute atomic E-state index is 13.0. The van der Waals surface area contributed by atoms with E-state index in [2.05, 4.69) is 11.9 Å². The third kappa shape index (κ3) is 4.76. The molecule has 0 radical (unpaired) electrons. The second-order valence-electron chi connectivity index (χ2n) is 6.20. The molecule has 152 valence electrons. The highest BCUT2D eigenvalue weighted by Gasteiger charge is 2.37. The monoisotopic (exact) mass is 406 g/mol. The zero-order valence-corrected chi connectivity index (χ0v) is 17.3. The van der Waals surface area contributed by atoms with E-state index in [0.29, 0.717) is 35.2 Å². The summed E-state index contributed by atoms with van der Waals surface area (Å²) in [5.41, 5.74) is 8.86. The quantitative estimate of drug-likeness (QED) is 0.372. The second-order valence-corrected chi connectivity index (χ2v) is 6.61. The van der Waals surface area contributed by atoms with Gasteiger partial charge in [0.15, 0.2) is 0 Å². The van der Waals surface area contributed by atoms with Crippen molar-refractivity contribution >= 4 is 17.6 Å². The summed E-state index contributed by atoms with van der Waals surface area (Å²) >= 11 is 6.50. The molecular formula is C21H27ClN2O4. The number of allylic oxidation sites excluding steroid dienone is 2. The third-order valence-corrected chi connectivity index (χ3v) is 4.76.